The molecule has 0 spiro atoms. The number of hydrogen-bond donors (Lipinski definition) is 2. The van der Waals surface area contributed by atoms with Gasteiger partial charge in [-0.1, -0.05) is 6.08 Å². The number of rotatable bonds is 2. The minimum absolute atomic E-state index is 0.374. The van der Waals surface area contributed by atoms with Crippen LogP contribution in [-0.2, 0) is 9.47 Å². The molecule has 6 heteroatoms. The van der Waals surface area contributed by atoms with Crippen molar-refractivity contribution in [1.82, 2.24) is 0 Å². The fourth-order valence-electron chi connectivity index (χ4n) is 0.277. The average molecular weight is 222 g/mol. The van der Waals surface area contributed by atoms with Gasteiger partial charge in [-0.3, -0.25) is 0 Å². The molecule has 0 aromatic heterocycles. The van der Waals surface area contributed by atoms with Gasteiger partial charge in [-0.15, -0.1) is 6.58 Å². The summed E-state index contributed by atoms with van der Waals surface area (Å²) in [6.45, 7) is 9.46. The molecule has 2 N–H and O–H groups in total. The van der Waals surface area contributed by atoms with Crippen molar-refractivity contribution in [1.29, 1.82) is 0 Å². The Labute approximate surface area is 89.1 Å². The maximum Gasteiger partial charge on any atom is 0.508 e. The molecule has 0 aromatic carbocycles. The van der Waals surface area contributed by atoms with Gasteiger partial charge in [0.15, 0.2) is 0 Å². The van der Waals surface area contributed by atoms with Gasteiger partial charge in [-0.25, -0.2) is 9.59 Å². The molecular formula is C9H18O6. The fraction of sp³-hybridized carbons (Fsp3) is 0.556. The number of ether oxygens (including phenoxy) is 2. The Bertz CT molecular complexity index is 154. The highest BCUT2D eigenvalue weighted by Gasteiger charge is 1.96. The summed E-state index contributed by atoms with van der Waals surface area (Å²) in [5.74, 6) is 0. The lowest BCUT2D eigenvalue weighted by Crippen LogP contribution is -2.05. The third-order valence-electron chi connectivity index (χ3n) is 0.524. The second-order valence-corrected chi connectivity index (χ2v) is 1.81. The first-order valence-electron chi connectivity index (χ1n) is 4.24. The normalized spacial score (nSPS) is 6.87. The molecule has 0 fully saturated rings. The lowest BCUT2D eigenvalue weighted by atomic mass is 10.8. The standard InChI is InChI=1S/C5H10O3.C3H6.CH2O3/c1-3-7-5(6)8-4-2;1-3-2;2-1(3)4/h3-4H2,1-2H3;3H,1H2,2H3;(H2,2,3,4). The van der Waals surface area contributed by atoms with Gasteiger partial charge in [-0.2, -0.15) is 0 Å². The number of carbonyl (C=O) groups excluding carboxylic acids is 1. The molecule has 0 aliphatic heterocycles. The summed E-state index contributed by atoms with van der Waals surface area (Å²) >= 11 is 0. The maximum absolute atomic E-state index is 10.2. The van der Waals surface area contributed by atoms with Crippen LogP contribution in [0.1, 0.15) is 20.8 Å². The van der Waals surface area contributed by atoms with Gasteiger partial charge in [0.25, 0.3) is 0 Å². The van der Waals surface area contributed by atoms with Gasteiger partial charge in [0.2, 0.25) is 0 Å². The van der Waals surface area contributed by atoms with Crippen LogP contribution in [0.5, 0.6) is 0 Å². The lowest BCUT2D eigenvalue weighted by Gasteiger charge is -1.98. The minimum atomic E-state index is -1.83. The van der Waals surface area contributed by atoms with E-state index in [9.17, 15) is 4.79 Å². The Morgan fingerprint density at radius 3 is 1.53 bits per heavy atom. The van der Waals surface area contributed by atoms with E-state index in [0.717, 1.165) is 0 Å². The van der Waals surface area contributed by atoms with E-state index in [1.165, 1.54) is 0 Å². The summed E-state index contributed by atoms with van der Waals surface area (Å²) in [5, 5.41) is 13.9. The molecule has 0 atom stereocenters. The molecule has 6 nitrogen and oxygen atoms in total. The van der Waals surface area contributed by atoms with Crippen LogP contribution in [0.2, 0.25) is 0 Å². The Morgan fingerprint density at radius 2 is 1.40 bits per heavy atom. The highest BCUT2D eigenvalue weighted by atomic mass is 16.7. The van der Waals surface area contributed by atoms with Gasteiger partial charge < -0.3 is 19.7 Å². The number of carboxylic acid groups (broad SMARTS) is 2. The summed E-state index contributed by atoms with van der Waals surface area (Å²) in [7, 11) is 0. The molecule has 90 valence electrons. The molecule has 0 aliphatic carbocycles. The van der Waals surface area contributed by atoms with Crippen molar-refractivity contribution >= 4 is 12.3 Å². The summed E-state index contributed by atoms with van der Waals surface area (Å²) < 4.78 is 8.84. The molecule has 0 aliphatic rings. The molecular weight excluding hydrogens is 204 g/mol. The molecule has 0 radical (unpaired) electrons. The Hall–Kier alpha value is -1.72. The number of allylic oxidation sites excluding steroid dienone is 1. The maximum atomic E-state index is 10.2. The zero-order chi connectivity index (χ0) is 12.7. The highest BCUT2D eigenvalue weighted by molar-refractivity contribution is 5.59. The van der Waals surface area contributed by atoms with E-state index in [2.05, 4.69) is 16.1 Å². The zero-order valence-corrected chi connectivity index (χ0v) is 9.23. The second-order valence-electron chi connectivity index (χ2n) is 1.81. The first kappa shape index (κ1) is 18.9. The van der Waals surface area contributed by atoms with Gasteiger partial charge >= 0.3 is 12.3 Å². The Balaban J connectivity index is -0.000000173. The first-order chi connectivity index (χ1) is 6.95. The Kier molecular flexibility index (Phi) is 22.9. The van der Waals surface area contributed by atoms with E-state index in [1.54, 1.807) is 19.9 Å². The molecule has 0 heterocycles. The van der Waals surface area contributed by atoms with Crippen LogP contribution < -0.4 is 0 Å². The van der Waals surface area contributed by atoms with E-state index < -0.39 is 12.3 Å². The molecule has 0 rings (SSSR count). The van der Waals surface area contributed by atoms with Crippen molar-refractivity contribution < 1.29 is 29.3 Å². The van der Waals surface area contributed by atoms with Crippen LogP contribution in [-0.4, -0.2) is 35.7 Å². The van der Waals surface area contributed by atoms with Crippen LogP contribution >= 0.6 is 0 Å². The van der Waals surface area contributed by atoms with Crippen molar-refractivity contribution in [2.24, 2.45) is 0 Å². The van der Waals surface area contributed by atoms with Crippen molar-refractivity contribution in [2.45, 2.75) is 20.8 Å². The highest BCUT2D eigenvalue weighted by Crippen LogP contribution is 1.81. The molecule has 15 heavy (non-hydrogen) atoms. The predicted molar refractivity (Wildman–Crippen MR) is 55.2 cm³/mol. The molecule has 0 saturated heterocycles. The lowest BCUT2D eigenvalue weighted by molar-refractivity contribution is 0.0630. The van der Waals surface area contributed by atoms with Gasteiger partial charge in [0.05, 0.1) is 13.2 Å². The number of hydrogen-bond acceptors (Lipinski definition) is 4. The van der Waals surface area contributed by atoms with Crippen molar-refractivity contribution in [3.8, 4) is 0 Å². The molecule has 0 unspecified atom stereocenters. The van der Waals surface area contributed by atoms with Gasteiger partial charge in [0, 0.05) is 0 Å². The quantitative estimate of drug-likeness (QED) is 0.551. The largest absolute Gasteiger partial charge is 0.508 e. The SMILES string of the molecule is C=CC.CCOC(=O)OCC.O=C(O)O. The van der Waals surface area contributed by atoms with Gasteiger partial charge in [-0.05, 0) is 20.8 Å². The van der Waals surface area contributed by atoms with Crippen LogP contribution in [0, 0.1) is 0 Å². The zero-order valence-electron chi connectivity index (χ0n) is 9.23. The van der Waals surface area contributed by atoms with E-state index in [1.807, 2.05) is 6.92 Å². The third kappa shape index (κ3) is 70.8. The number of carbonyl (C=O) groups is 2. The van der Waals surface area contributed by atoms with Crippen LogP contribution in [0.4, 0.5) is 9.59 Å². The minimum Gasteiger partial charge on any atom is -0.450 e. The average Bonchev–Trinajstić information content (AvgIpc) is 2.05. The molecule has 0 saturated carbocycles. The third-order valence-corrected chi connectivity index (χ3v) is 0.524. The first-order valence-corrected chi connectivity index (χ1v) is 4.24. The summed E-state index contributed by atoms with van der Waals surface area (Å²) in [6.07, 6.45) is -0.671. The van der Waals surface area contributed by atoms with Crippen LogP contribution in [0.15, 0.2) is 12.7 Å². The fourth-order valence-corrected chi connectivity index (χ4v) is 0.277. The predicted octanol–water partition coefficient (Wildman–Crippen LogP) is 2.59. The summed E-state index contributed by atoms with van der Waals surface area (Å²) in [5.41, 5.74) is 0. The summed E-state index contributed by atoms with van der Waals surface area (Å²) in [6, 6.07) is 0. The van der Waals surface area contributed by atoms with Crippen molar-refractivity contribution in [3.63, 3.8) is 0 Å². The van der Waals surface area contributed by atoms with E-state index in [4.69, 9.17) is 15.0 Å². The second kappa shape index (κ2) is 18.1. The molecule has 0 aromatic rings. The molecule has 0 bridgehead atoms. The van der Waals surface area contributed by atoms with E-state index >= 15 is 0 Å². The van der Waals surface area contributed by atoms with Crippen molar-refractivity contribution in [3.05, 3.63) is 12.7 Å². The monoisotopic (exact) mass is 222 g/mol. The van der Waals surface area contributed by atoms with Crippen molar-refractivity contribution in [2.75, 3.05) is 13.2 Å². The summed E-state index contributed by atoms with van der Waals surface area (Å²) in [4.78, 5) is 18.8. The van der Waals surface area contributed by atoms with E-state index in [-0.39, 0.29) is 0 Å². The van der Waals surface area contributed by atoms with Gasteiger partial charge in [0.1, 0.15) is 0 Å². The Morgan fingerprint density at radius 1 is 1.20 bits per heavy atom. The smallest absolute Gasteiger partial charge is 0.450 e. The molecule has 0 amide bonds. The topological polar surface area (TPSA) is 93.1 Å². The van der Waals surface area contributed by atoms with Crippen LogP contribution in [0.25, 0.3) is 0 Å². The van der Waals surface area contributed by atoms with Crippen LogP contribution in [0.3, 0.4) is 0 Å². The van der Waals surface area contributed by atoms with E-state index in [0.29, 0.717) is 13.2 Å².